The number of likely N-dealkylation sites (tertiary alicyclic amines) is 1. The molecule has 1 heterocycles. The van der Waals surface area contributed by atoms with Gasteiger partial charge >= 0.3 is 0 Å². The van der Waals surface area contributed by atoms with E-state index in [9.17, 15) is 0 Å². The lowest BCUT2D eigenvalue weighted by molar-refractivity contribution is -0.00461. The summed E-state index contributed by atoms with van der Waals surface area (Å²) >= 11 is 3.75. The first-order chi connectivity index (χ1) is 8.73. The van der Waals surface area contributed by atoms with E-state index in [1.807, 2.05) is 0 Å². The number of halogens is 1. The highest BCUT2D eigenvalue weighted by Gasteiger charge is 2.39. The standard InChI is InChI=1S/C14H26BrNO2/c1-17-12-8-16(9-13(12)18-2)11-14(10-15)6-4-3-5-7-14/h12-13H,3-11H2,1-2H3. The van der Waals surface area contributed by atoms with E-state index in [1.54, 1.807) is 14.2 Å². The molecule has 2 aliphatic rings. The zero-order valence-corrected chi connectivity index (χ0v) is 13.2. The van der Waals surface area contributed by atoms with E-state index < -0.39 is 0 Å². The monoisotopic (exact) mass is 319 g/mol. The van der Waals surface area contributed by atoms with Crippen LogP contribution in [0.2, 0.25) is 0 Å². The van der Waals surface area contributed by atoms with Crippen LogP contribution in [0.5, 0.6) is 0 Å². The number of methoxy groups -OCH3 is 2. The van der Waals surface area contributed by atoms with Gasteiger partial charge in [0.05, 0.1) is 12.2 Å². The molecule has 1 aliphatic heterocycles. The third-order valence-corrected chi connectivity index (χ3v) is 5.84. The summed E-state index contributed by atoms with van der Waals surface area (Å²) in [5.41, 5.74) is 0.485. The molecule has 0 N–H and O–H groups in total. The summed E-state index contributed by atoms with van der Waals surface area (Å²) < 4.78 is 11.0. The zero-order valence-electron chi connectivity index (χ0n) is 11.7. The second-order valence-corrected chi connectivity index (χ2v) is 6.50. The predicted octanol–water partition coefficient (Wildman–Crippen LogP) is 2.68. The minimum atomic E-state index is 0.242. The molecule has 0 aromatic heterocycles. The van der Waals surface area contributed by atoms with E-state index >= 15 is 0 Å². The van der Waals surface area contributed by atoms with Gasteiger partial charge in [0.1, 0.15) is 0 Å². The highest BCUT2D eigenvalue weighted by molar-refractivity contribution is 9.09. The Morgan fingerprint density at radius 2 is 1.61 bits per heavy atom. The lowest BCUT2D eigenvalue weighted by Gasteiger charge is -2.39. The average molecular weight is 320 g/mol. The van der Waals surface area contributed by atoms with Crippen molar-refractivity contribution < 1.29 is 9.47 Å². The minimum Gasteiger partial charge on any atom is -0.377 e. The van der Waals surface area contributed by atoms with Crippen molar-refractivity contribution in [2.45, 2.75) is 44.3 Å². The molecule has 1 saturated heterocycles. The number of hydrogen-bond acceptors (Lipinski definition) is 3. The van der Waals surface area contributed by atoms with E-state index in [0.29, 0.717) is 5.41 Å². The normalized spacial score (nSPS) is 32.8. The van der Waals surface area contributed by atoms with Gasteiger partial charge in [-0.25, -0.2) is 0 Å². The van der Waals surface area contributed by atoms with Gasteiger partial charge in [-0.05, 0) is 18.3 Å². The van der Waals surface area contributed by atoms with Crippen LogP contribution in [0.3, 0.4) is 0 Å². The Morgan fingerprint density at radius 3 is 2.06 bits per heavy atom. The maximum Gasteiger partial charge on any atom is 0.0971 e. The van der Waals surface area contributed by atoms with Gasteiger partial charge in [-0.2, -0.15) is 0 Å². The third-order valence-electron chi connectivity index (χ3n) is 4.65. The van der Waals surface area contributed by atoms with E-state index in [-0.39, 0.29) is 12.2 Å². The molecule has 2 fully saturated rings. The summed E-state index contributed by atoms with van der Waals surface area (Å²) in [6, 6.07) is 0. The van der Waals surface area contributed by atoms with Crippen molar-refractivity contribution in [1.82, 2.24) is 4.90 Å². The SMILES string of the molecule is COC1CN(CC2(CBr)CCCCC2)CC1OC. The van der Waals surface area contributed by atoms with Crippen LogP contribution >= 0.6 is 15.9 Å². The molecular weight excluding hydrogens is 294 g/mol. The Balaban J connectivity index is 1.92. The van der Waals surface area contributed by atoms with E-state index in [4.69, 9.17) is 9.47 Å². The van der Waals surface area contributed by atoms with Crippen LogP contribution in [-0.2, 0) is 9.47 Å². The molecule has 0 radical (unpaired) electrons. The Kier molecular flexibility index (Phi) is 5.48. The molecule has 106 valence electrons. The fourth-order valence-electron chi connectivity index (χ4n) is 3.51. The number of ether oxygens (including phenoxy) is 2. The van der Waals surface area contributed by atoms with Gasteiger partial charge in [-0.1, -0.05) is 35.2 Å². The average Bonchev–Trinajstić information content (AvgIpc) is 2.81. The summed E-state index contributed by atoms with van der Waals surface area (Å²) in [4.78, 5) is 2.54. The molecule has 3 nitrogen and oxygen atoms in total. The molecule has 0 aromatic carbocycles. The summed E-state index contributed by atoms with van der Waals surface area (Å²) in [5, 5.41) is 1.13. The molecule has 0 bridgehead atoms. The number of hydrogen-bond donors (Lipinski definition) is 0. The summed E-state index contributed by atoms with van der Waals surface area (Å²) in [5.74, 6) is 0. The van der Waals surface area contributed by atoms with Crippen molar-refractivity contribution >= 4 is 15.9 Å². The van der Waals surface area contributed by atoms with Crippen molar-refractivity contribution in [1.29, 1.82) is 0 Å². The molecule has 2 unspecified atom stereocenters. The van der Waals surface area contributed by atoms with Crippen LogP contribution in [0.15, 0.2) is 0 Å². The molecule has 2 atom stereocenters. The number of rotatable bonds is 5. The fraction of sp³-hybridized carbons (Fsp3) is 1.00. The third kappa shape index (κ3) is 3.27. The maximum absolute atomic E-state index is 5.52. The van der Waals surface area contributed by atoms with Gasteiger partial charge in [-0.15, -0.1) is 0 Å². The van der Waals surface area contributed by atoms with Crippen LogP contribution in [0, 0.1) is 5.41 Å². The summed E-state index contributed by atoms with van der Waals surface area (Å²) in [6.07, 6.45) is 7.41. The molecule has 1 saturated carbocycles. The first kappa shape index (κ1) is 14.8. The van der Waals surface area contributed by atoms with Crippen LogP contribution in [0.25, 0.3) is 0 Å². The van der Waals surface area contributed by atoms with E-state index in [0.717, 1.165) is 18.4 Å². The van der Waals surface area contributed by atoms with Gasteiger partial charge in [0.15, 0.2) is 0 Å². The van der Waals surface area contributed by atoms with Gasteiger partial charge in [0.2, 0.25) is 0 Å². The smallest absolute Gasteiger partial charge is 0.0971 e. The Hall–Kier alpha value is 0.360. The predicted molar refractivity (Wildman–Crippen MR) is 77.3 cm³/mol. The zero-order chi connectivity index (χ0) is 13.0. The largest absolute Gasteiger partial charge is 0.377 e. The molecule has 4 heteroatoms. The fourth-order valence-corrected chi connectivity index (χ4v) is 4.25. The lowest BCUT2D eigenvalue weighted by Crippen LogP contribution is -2.40. The lowest BCUT2D eigenvalue weighted by atomic mass is 9.75. The van der Waals surface area contributed by atoms with Crippen LogP contribution in [0.4, 0.5) is 0 Å². The number of nitrogens with zero attached hydrogens (tertiary/aromatic N) is 1. The van der Waals surface area contributed by atoms with E-state index in [2.05, 4.69) is 20.8 Å². The van der Waals surface area contributed by atoms with Gasteiger partial charge in [0.25, 0.3) is 0 Å². The first-order valence-electron chi connectivity index (χ1n) is 7.07. The highest BCUT2D eigenvalue weighted by atomic mass is 79.9. The first-order valence-corrected chi connectivity index (χ1v) is 8.19. The highest BCUT2D eigenvalue weighted by Crippen LogP contribution is 2.39. The molecule has 0 amide bonds. The Morgan fingerprint density at radius 1 is 1.06 bits per heavy atom. The van der Waals surface area contributed by atoms with E-state index in [1.165, 1.54) is 38.6 Å². The Bertz CT molecular complexity index is 244. The molecule has 0 aromatic rings. The molecule has 0 spiro atoms. The van der Waals surface area contributed by atoms with Gasteiger partial charge in [-0.3, -0.25) is 4.90 Å². The van der Waals surface area contributed by atoms with Gasteiger partial charge < -0.3 is 9.47 Å². The van der Waals surface area contributed by atoms with Crippen LogP contribution in [0.1, 0.15) is 32.1 Å². The maximum atomic E-state index is 5.52. The van der Waals surface area contributed by atoms with Crippen LogP contribution in [-0.4, -0.2) is 56.3 Å². The molecule has 2 rings (SSSR count). The molecular formula is C14H26BrNO2. The van der Waals surface area contributed by atoms with Crippen molar-refractivity contribution in [2.24, 2.45) is 5.41 Å². The van der Waals surface area contributed by atoms with Crippen LogP contribution < -0.4 is 0 Å². The topological polar surface area (TPSA) is 21.7 Å². The summed E-state index contributed by atoms with van der Waals surface area (Å²) in [7, 11) is 3.59. The minimum absolute atomic E-state index is 0.242. The van der Waals surface area contributed by atoms with Crippen molar-refractivity contribution in [3.8, 4) is 0 Å². The summed E-state index contributed by atoms with van der Waals surface area (Å²) in [6.45, 7) is 3.23. The molecule has 18 heavy (non-hydrogen) atoms. The quantitative estimate of drug-likeness (QED) is 0.727. The Labute approximate surface area is 119 Å². The second kappa shape index (κ2) is 6.69. The van der Waals surface area contributed by atoms with Crippen molar-refractivity contribution in [2.75, 3.05) is 39.2 Å². The molecule has 1 aliphatic carbocycles. The van der Waals surface area contributed by atoms with Gasteiger partial charge in [0, 0.05) is 39.2 Å². The van der Waals surface area contributed by atoms with Crippen molar-refractivity contribution in [3.05, 3.63) is 0 Å². The number of alkyl halides is 1. The second-order valence-electron chi connectivity index (χ2n) is 5.94. The van der Waals surface area contributed by atoms with Crippen molar-refractivity contribution in [3.63, 3.8) is 0 Å².